The second kappa shape index (κ2) is 6.17. The number of anilines is 1. The van der Waals surface area contributed by atoms with Crippen LogP contribution in [0.4, 0.5) is 11.4 Å². The standard InChI is InChI=1S/C11H16N2O4/c1-9-2-3-10(13(16)17)8-11(9)12(4-6-14)5-7-15/h2-3,8,14-15H,4-7H2,1H3. The molecular formula is C11H16N2O4. The first-order chi connectivity index (χ1) is 8.10. The largest absolute Gasteiger partial charge is 0.395 e. The third-order valence-corrected chi connectivity index (χ3v) is 2.48. The fourth-order valence-electron chi connectivity index (χ4n) is 1.65. The van der Waals surface area contributed by atoms with Crippen molar-refractivity contribution in [3.05, 3.63) is 33.9 Å². The third kappa shape index (κ3) is 3.40. The summed E-state index contributed by atoms with van der Waals surface area (Å²) in [7, 11) is 0. The molecule has 0 fully saturated rings. The van der Waals surface area contributed by atoms with E-state index in [0.717, 1.165) is 5.56 Å². The number of nitro groups is 1. The molecule has 1 rings (SSSR count). The molecule has 0 heterocycles. The Labute approximate surface area is 99.3 Å². The van der Waals surface area contributed by atoms with E-state index < -0.39 is 4.92 Å². The molecule has 6 heteroatoms. The van der Waals surface area contributed by atoms with Crippen LogP contribution in [0.2, 0.25) is 0 Å². The van der Waals surface area contributed by atoms with Crippen molar-refractivity contribution < 1.29 is 15.1 Å². The molecule has 0 aliphatic heterocycles. The van der Waals surface area contributed by atoms with Crippen LogP contribution in [0.3, 0.4) is 0 Å². The molecule has 0 bridgehead atoms. The molecule has 17 heavy (non-hydrogen) atoms. The zero-order valence-electron chi connectivity index (χ0n) is 9.67. The average Bonchev–Trinajstić information content (AvgIpc) is 2.29. The lowest BCUT2D eigenvalue weighted by molar-refractivity contribution is -0.384. The highest BCUT2D eigenvalue weighted by Gasteiger charge is 2.13. The first-order valence-electron chi connectivity index (χ1n) is 5.32. The number of rotatable bonds is 6. The van der Waals surface area contributed by atoms with Gasteiger partial charge in [-0.15, -0.1) is 0 Å². The summed E-state index contributed by atoms with van der Waals surface area (Å²) in [6.45, 7) is 2.37. The monoisotopic (exact) mass is 240 g/mol. The summed E-state index contributed by atoms with van der Waals surface area (Å²) in [5.41, 5.74) is 1.55. The molecule has 0 spiro atoms. The van der Waals surface area contributed by atoms with Gasteiger partial charge in [0.15, 0.2) is 0 Å². The second-order valence-corrected chi connectivity index (χ2v) is 3.66. The summed E-state index contributed by atoms with van der Waals surface area (Å²) >= 11 is 0. The molecule has 1 aromatic carbocycles. The van der Waals surface area contributed by atoms with Gasteiger partial charge in [-0.05, 0) is 12.5 Å². The number of aliphatic hydroxyl groups excluding tert-OH is 2. The maximum absolute atomic E-state index is 10.7. The number of non-ortho nitro benzene ring substituents is 1. The third-order valence-electron chi connectivity index (χ3n) is 2.48. The van der Waals surface area contributed by atoms with Gasteiger partial charge in [0, 0.05) is 30.9 Å². The van der Waals surface area contributed by atoms with Gasteiger partial charge in [-0.2, -0.15) is 0 Å². The van der Waals surface area contributed by atoms with E-state index in [1.807, 2.05) is 6.92 Å². The van der Waals surface area contributed by atoms with Gasteiger partial charge in [-0.3, -0.25) is 10.1 Å². The predicted octanol–water partition coefficient (Wildman–Crippen LogP) is 0.694. The number of hydrogen-bond donors (Lipinski definition) is 2. The number of aryl methyl sites for hydroxylation is 1. The van der Waals surface area contributed by atoms with Crippen molar-refractivity contribution in [1.29, 1.82) is 0 Å². The minimum Gasteiger partial charge on any atom is -0.395 e. The molecule has 0 saturated carbocycles. The number of nitro benzene ring substituents is 1. The Bertz CT molecular complexity index is 389. The Balaban J connectivity index is 3.07. The van der Waals surface area contributed by atoms with Crippen molar-refractivity contribution in [2.75, 3.05) is 31.2 Å². The Morgan fingerprint density at radius 2 is 1.88 bits per heavy atom. The van der Waals surface area contributed by atoms with Gasteiger partial charge >= 0.3 is 0 Å². The zero-order chi connectivity index (χ0) is 12.8. The molecule has 0 saturated heterocycles. The highest BCUT2D eigenvalue weighted by molar-refractivity contribution is 5.58. The summed E-state index contributed by atoms with van der Waals surface area (Å²) in [5, 5.41) is 28.6. The van der Waals surface area contributed by atoms with Gasteiger partial charge in [0.05, 0.1) is 18.1 Å². The van der Waals surface area contributed by atoms with Crippen LogP contribution < -0.4 is 4.90 Å². The summed E-state index contributed by atoms with van der Waals surface area (Å²) in [6.07, 6.45) is 0. The molecule has 0 radical (unpaired) electrons. The number of hydrogen-bond acceptors (Lipinski definition) is 5. The maximum atomic E-state index is 10.7. The van der Waals surface area contributed by atoms with E-state index in [0.29, 0.717) is 18.8 Å². The van der Waals surface area contributed by atoms with Gasteiger partial charge in [-0.1, -0.05) is 6.07 Å². The highest BCUT2D eigenvalue weighted by Crippen LogP contribution is 2.25. The van der Waals surface area contributed by atoms with E-state index >= 15 is 0 Å². The minimum atomic E-state index is -0.459. The van der Waals surface area contributed by atoms with Crippen molar-refractivity contribution in [2.45, 2.75) is 6.92 Å². The fourth-order valence-corrected chi connectivity index (χ4v) is 1.65. The van der Waals surface area contributed by atoms with Crippen molar-refractivity contribution in [1.82, 2.24) is 0 Å². The van der Waals surface area contributed by atoms with Crippen LogP contribution in [-0.4, -0.2) is 41.4 Å². The molecule has 0 aromatic heterocycles. The highest BCUT2D eigenvalue weighted by atomic mass is 16.6. The summed E-state index contributed by atoms with van der Waals surface area (Å²) in [4.78, 5) is 12.0. The van der Waals surface area contributed by atoms with Crippen LogP contribution in [0, 0.1) is 17.0 Å². The van der Waals surface area contributed by atoms with Crippen LogP contribution in [0.5, 0.6) is 0 Å². The predicted molar refractivity (Wildman–Crippen MR) is 64.2 cm³/mol. The number of benzene rings is 1. The molecule has 0 atom stereocenters. The summed E-state index contributed by atoms with van der Waals surface area (Å²) < 4.78 is 0. The molecule has 0 aliphatic rings. The van der Waals surface area contributed by atoms with E-state index in [4.69, 9.17) is 10.2 Å². The van der Waals surface area contributed by atoms with Crippen molar-refractivity contribution >= 4 is 11.4 Å². The Kier molecular flexibility index (Phi) is 4.86. The first-order valence-corrected chi connectivity index (χ1v) is 5.32. The zero-order valence-corrected chi connectivity index (χ0v) is 9.67. The van der Waals surface area contributed by atoms with Crippen LogP contribution in [0.1, 0.15) is 5.56 Å². The molecule has 94 valence electrons. The molecule has 6 nitrogen and oxygen atoms in total. The van der Waals surface area contributed by atoms with E-state index in [1.165, 1.54) is 12.1 Å². The summed E-state index contributed by atoms with van der Waals surface area (Å²) in [6, 6.07) is 4.56. The first kappa shape index (κ1) is 13.4. The van der Waals surface area contributed by atoms with Gasteiger partial charge < -0.3 is 15.1 Å². The van der Waals surface area contributed by atoms with Crippen molar-refractivity contribution in [3.63, 3.8) is 0 Å². The molecule has 0 amide bonds. The van der Waals surface area contributed by atoms with Crippen LogP contribution >= 0.6 is 0 Å². The normalized spacial score (nSPS) is 10.3. The van der Waals surface area contributed by atoms with Gasteiger partial charge in [-0.25, -0.2) is 0 Å². The molecule has 2 N–H and O–H groups in total. The smallest absolute Gasteiger partial charge is 0.271 e. The maximum Gasteiger partial charge on any atom is 0.271 e. The fraction of sp³-hybridized carbons (Fsp3) is 0.455. The quantitative estimate of drug-likeness (QED) is 0.564. The molecule has 1 aromatic rings. The van der Waals surface area contributed by atoms with Crippen LogP contribution in [0.15, 0.2) is 18.2 Å². The van der Waals surface area contributed by atoms with Crippen LogP contribution in [-0.2, 0) is 0 Å². The summed E-state index contributed by atoms with van der Waals surface area (Å²) in [5.74, 6) is 0. The molecule has 0 unspecified atom stereocenters. The Morgan fingerprint density at radius 1 is 1.29 bits per heavy atom. The second-order valence-electron chi connectivity index (χ2n) is 3.66. The van der Waals surface area contributed by atoms with Gasteiger partial charge in [0.25, 0.3) is 5.69 Å². The van der Waals surface area contributed by atoms with E-state index in [1.54, 1.807) is 11.0 Å². The lowest BCUT2D eigenvalue weighted by Crippen LogP contribution is -2.30. The van der Waals surface area contributed by atoms with E-state index in [2.05, 4.69) is 0 Å². The molecule has 0 aliphatic carbocycles. The van der Waals surface area contributed by atoms with Crippen LogP contribution in [0.25, 0.3) is 0 Å². The number of nitrogens with zero attached hydrogens (tertiary/aromatic N) is 2. The lowest BCUT2D eigenvalue weighted by Gasteiger charge is -2.24. The lowest BCUT2D eigenvalue weighted by atomic mass is 10.1. The number of aliphatic hydroxyl groups is 2. The Morgan fingerprint density at radius 3 is 2.35 bits per heavy atom. The van der Waals surface area contributed by atoms with Crippen molar-refractivity contribution in [3.8, 4) is 0 Å². The Hall–Kier alpha value is -1.66. The van der Waals surface area contributed by atoms with E-state index in [9.17, 15) is 10.1 Å². The van der Waals surface area contributed by atoms with Crippen molar-refractivity contribution in [2.24, 2.45) is 0 Å². The SMILES string of the molecule is Cc1ccc([N+](=O)[O-])cc1N(CCO)CCO. The van der Waals surface area contributed by atoms with E-state index in [-0.39, 0.29) is 18.9 Å². The molecular weight excluding hydrogens is 224 g/mol. The average molecular weight is 240 g/mol. The van der Waals surface area contributed by atoms with Gasteiger partial charge in [0.2, 0.25) is 0 Å². The topological polar surface area (TPSA) is 86.8 Å². The van der Waals surface area contributed by atoms with Gasteiger partial charge in [0.1, 0.15) is 0 Å². The minimum absolute atomic E-state index is 0.00600.